The van der Waals surface area contributed by atoms with Gasteiger partial charge in [0.2, 0.25) is 0 Å². The van der Waals surface area contributed by atoms with Gasteiger partial charge in [0.15, 0.2) is 12.4 Å². The SMILES string of the molecule is CC(=O)c1cc(C(=O)OCC(=O)Nc2sc3c(c2C(N)=O)CCC3)n(C)c1. The number of rotatable bonds is 6. The molecular weight excluding hydrogens is 370 g/mol. The number of nitrogens with zero attached hydrogens (tertiary/aromatic N) is 1. The summed E-state index contributed by atoms with van der Waals surface area (Å²) in [5.74, 6) is -2.04. The van der Waals surface area contributed by atoms with Gasteiger partial charge in [-0.25, -0.2) is 4.79 Å². The van der Waals surface area contributed by atoms with E-state index in [0.717, 1.165) is 29.7 Å². The number of aryl methyl sites for hydroxylation is 2. The number of amides is 2. The smallest absolute Gasteiger partial charge is 0.355 e. The number of nitrogens with one attached hydrogen (secondary N) is 1. The molecule has 2 aromatic rings. The quantitative estimate of drug-likeness (QED) is 0.575. The molecule has 0 radical (unpaired) electrons. The molecule has 27 heavy (non-hydrogen) atoms. The molecule has 8 nitrogen and oxygen atoms in total. The molecule has 0 spiro atoms. The highest BCUT2D eigenvalue weighted by Gasteiger charge is 2.26. The van der Waals surface area contributed by atoms with E-state index >= 15 is 0 Å². The molecule has 2 heterocycles. The van der Waals surface area contributed by atoms with Crippen molar-refractivity contribution in [2.75, 3.05) is 11.9 Å². The molecule has 0 fully saturated rings. The summed E-state index contributed by atoms with van der Waals surface area (Å²) in [7, 11) is 1.61. The van der Waals surface area contributed by atoms with Crippen LogP contribution in [0.4, 0.5) is 5.00 Å². The van der Waals surface area contributed by atoms with Crippen molar-refractivity contribution in [1.82, 2.24) is 4.57 Å². The zero-order chi connectivity index (χ0) is 19.7. The highest BCUT2D eigenvalue weighted by Crippen LogP contribution is 2.38. The first-order chi connectivity index (χ1) is 12.8. The Bertz CT molecular complexity index is 957. The number of hydrogen-bond donors (Lipinski definition) is 2. The number of anilines is 1. The van der Waals surface area contributed by atoms with Crippen LogP contribution in [-0.2, 0) is 29.4 Å². The van der Waals surface area contributed by atoms with Crippen LogP contribution in [0.5, 0.6) is 0 Å². The molecule has 9 heteroatoms. The van der Waals surface area contributed by atoms with Crippen molar-refractivity contribution in [2.45, 2.75) is 26.2 Å². The lowest BCUT2D eigenvalue weighted by atomic mass is 10.1. The highest BCUT2D eigenvalue weighted by atomic mass is 32.1. The number of fused-ring (bicyclic) bond motifs is 1. The van der Waals surface area contributed by atoms with Gasteiger partial charge >= 0.3 is 5.97 Å². The van der Waals surface area contributed by atoms with E-state index in [4.69, 9.17) is 10.5 Å². The third-order valence-corrected chi connectivity index (χ3v) is 5.58. The molecule has 1 aliphatic carbocycles. The Morgan fingerprint density at radius 2 is 2.04 bits per heavy atom. The Balaban J connectivity index is 1.65. The van der Waals surface area contributed by atoms with Gasteiger partial charge in [0.1, 0.15) is 10.7 Å². The Labute approximate surface area is 159 Å². The fourth-order valence-electron chi connectivity index (χ4n) is 3.08. The summed E-state index contributed by atoms with van der Waals surface area (Å²) in [6.45, 7) is 0.882. The average Bonchev–Trinajstić information content (AvgIpc) is 3.26. The van der Waals surface area contributed by atoms with Gasteiger partial charge in [-0.15, -0.1) is 11.3 Å². The van der Waals surface area contributed by atoms with Crippen molar-refractivity contribution < 1.29 is 23.9 Å². The topological polar surface area (TPSA) is 120 Å². The van der Waals surface area contributed by atoms with E-state index in [1.54, 1.807) is 7.05 Å². The number of hydrogen-bond acceptors (Lipinski definition) is 6. The summed E-state index contributed by atoms with van der Waals surface area (Å²) in [6.07, 6.45) is 4.11. The minimum atomic E-state index is -0.719. The van der Waals surface area contributed by atoms with E-state index in [2.05, 4.69) is 5.32 Å². The number of primary amides is 1. The average molecular weight is 389 g/mol. The van der Waals surface area contributed by atoms with Crippen molar-refractivity contribution in [3.63, 3.8) is 0 Å². The van der Waals surface area contributed by atoms with E-state index < -0.39 is 24.4 Å². The number of aromatic nitrogens is 1. The van der Waals surface area contributed by atoms with Crippen LogP contribution in [0.1, 0.15) is 55.0 Å². The van der Waals surface area contributed by atoms with Crippen molar-refractivity contribution in [3.8, 4) is 0 Å². The number of carbonyl (C=O) groups is 4. The second-order valence-electron chi connectivity index (χ2n) is 6.33. The summed E-state index contributed by atoms with van der Waals surface area (Å²) in [6, 6.07) is 1.41. The van der Waals surface area contributed by atoms with Crippen LogP contribution in [0.2, 0.25) is 0 Å². The monoisotopic (exact) mass is 389 g/mol. The lowest BCUT2D eigenvalue weighted by Crippen LogP contribution is -2.23. The standard InChI is InChI=1S/C18H19N3O5S/c1-9(22)10-6-12(21(2)7-10)18(25)26-8-14(23)20-17-15(16(19)24)11-4-3-5-13(11)27-17/h6-7H,3-5,8H2,1-2H3,(H2,19,24)(H,20,23). The molecule has 2 aromatic heterocycles. The van der Waals surface area contributed by atoms with Gasteiger partial charge in [-0.05, 0) is 37.8 Å². The molecular formula is C18H19N3O5S. The van der Waals surface area contributed by atoms with Crippen molar-refractivity contribution in [1.29, 1.82) is 0 Å². The second-order valence-corrected chi connectivity index (χ2v) is 7.44. The normalized spacial score (nSPS) is 12.5. The predicted octanol–water partition coefficient (Wildman–Crippen LogP) is 1.67. The molecule has 0 bridgehead atoms. The fourth-order valence-corrected chi connectivity index (χ4v) is 4.39. The van der Waals surface area contributed by atoms with Crippen molar-refractivity contribution in [2.24, 2.45) is 12.8 Å². The minimum absolute atomic E-state index is 0.168. The lowest BCUT2D eigenvalue weighted by Gasteiger charge is -2.07. The summed E-state index contributed by atoms with van der Waals surface area (Å²) in [4.78, 5) is 48.5. The van der Waals surface area contributed by atoms with E-state index in [1.807, 2.05) is 0 Å². The van der Waals surface area contributed by atoms with Crippen LogP contribution in [-0.4, -0.2) is 34.7 Å². The molecule has 0 unspecified atom stereocenters. The minimum Gasteiger partial charge on any atom is -0.451 e. The maximum atomic E-state index is 12.2. The Morgan fingerprint density at radius 1 is 1.30 bits per heavy atom. The number of esters is 1. The van der Waals surface area contributed by atoms with Crippen LogP contribution in [0.3, 0.4) is 0 Å². The summed E-state index contributed by atoms with van der Waals surface area (Å²) < 4.78 is 6.48. The van der Waals surface area contributed by atoms with E-state index in [9.17, 15) is 19.2 Å². The summed E-state index contributed by atoms with van der Waals surface area (Å²) in [5.41, 5.74) is 7.25. The number of ether oxygens (including phenoxy) is 1. The van der Waals surface area contributed by atoms with Crippen LogP contribution in [0.15, 0.2) is 12.3 Å². The third-order valence-electron chi connectivity index (χ3n) is 4.38. The lowest BCUT2D eigenvalue weighted by molar-refractivity contribution is -0.119. The third kappa shape index (κ3) is 3.77. The molecule has 1 aliphatic rings. The molecule has 0 saturated heterocycles. The number of nitrogens with two attached hydrogens (primary N) is 1. The molecule has 0 atom stereocenters. The van der Waals surface area contributed by atoms with Gasteiger partial charge in [0.25, 0.3) is 11.8 Å². The van der Waals surface area contributed by atoms with Crippen LogP contribution >= 0.6 is 11.3 Å². The second kappa shape index (κ2) is 7.36. The largest absolute Gasteiger partial charge is 0.451 e. The molecule has 142 valence electrons. The fraction of sp³-hybridized carbons (Fsp3) is 0.333. The number of ketones is 1. The van der Waals surface area contributed by atoms with E-state index in [0.29, 0.717) is 16.1 Å². The molecule has 0 aromatic carbocycles. The highest BCUT2D eigenvalue weighted by molar-refractivity contribution is 7.17. The molecule has 0 saturated carbocycles. The molecule has 0 aliphatic heterocycles. The number of thiophene rings is 1. The zero-order valence-corrected chi connectivity index (χ0v) is 15.8. The van der Waals surface area contributed by atoms with Crippen molar-refractivity contribution in [3.05, 3.63) is 39.5 Å². The Hall–Kier alpha value is -2.94. The van der Waals surface area contributed by atoms with E-state index in [1.165, 1.54) is 35.1 Å². The Kier molecular flexibility index (Phi) is 5.13. The summed E-state index contributed by atoms with van der Waals surface area (Å²) in [5, 5.41) is 3.00. The van der Waals surface area contributed by atoms with Gasteiger partial charge in [0.05, 0.1) is 5.56 Å². The van der Waals surface area contributed by atoms with Crippen LogP contribution in [0, 0.1) is 0 Å². The zero-order valence-electron chi connectivity index (χ0n) is 15.0. The van der Waals surface area contributed by atoms with Gasteiger partial charge in [-0.3, -0.25) is 14.4 Å². The number of carbonyl (C=O) groups excluding carboxylic acids is 4. The van der Waals surface area contributed by atoms with Gasteiger partial charge in [-0.1, -0.05) is 0 Å². The first kappa shape index (κ1) is 18.8. The first-order valence-corrected chi connectivity index (χ1v) is 9.18. The maximum Gasteiger partial charge on any atom is 0.355 e. The molecule has 3 rings (SSSR count). The van der Waals surface area contributed by atoms with Crippen molar-refractivity contribution >= 4 is 39.9 Å². The predicted molar refractivity (Wildman–Crippen MR) is 99.2 cm³/mol. The van der Waals surface area contributed by atoms with E-state index in [-0.39, 0.29) is 11.5 Å². The Morgan fingerprint density at radius 3 is 2.67 bits per heavy atom. The van der Waals surface area contributed by atoms with Gasteiger partial charge < -0.3 is 20.4 Å². The van der Waals surface area contributed by atoms with Gasteiger partial charge in [-0.2, -0.15) is 0 Å². The number of Topliss-reactive ketones (excluding diaryl/α,β-unsaturated/α-hetero) is 1. The van der Waals surface area contributed by atoms with Crippen LogP contribution in [0.25, 0.3) is 0 Å². The van der Waals surface area contributed by atoms with Crippen LogP contribution < -0.4 is 11.1 Å². The summed E-state index contributed by atoms with van der Waals surface area (Å²) >= 11 is 1.33. The van der Waals surface area contributed by atoms with Gasteiger partial charge in [0, 0.05) is 23.7 Å². The molecule has 3 N–H and O–H groups in total. The molecule has 2 amide bonds. The maximum absolute atomic E-state index is 12.2. The first-order valence-electron chi connectivity index (χ1n) is 8.36.